The Bertz CT molecular complexity index is 603. The first-order valence-electron chi connectivity index (χ1n) is 5.16. The van der Waals surface area contributed by atoms with Crippen LogP contribution >= 0.6 is 23.2 Å². The fourth-order valence-electron chi connectivity index (χ4n) is 1.26. The van der Waals surface area contributed by atoms with Crippen molar-refractivity contribution in [1.29, 1.82) is 0 Å². The molecule has 0 radical (unpaired) electrons. The van der Waals surface area contributed by atoms with E-state index in [1.54, 1.807) is 24.3 Å². The summed E-state index contributed by atoms with van der Waals surface area (Å²) in [4.78, 5) is 19.3. The van der Waals surface area contributed by atoms with Crippen LogP contribution in [0.3, 0.4) is 0 Å². The summed E-state index contributed by atoms with van der Waals surface area (Å²) in [6.45, 7) is 0. The van der Waals surface area contributed by atoms with Gasteiger partial charge in [-0.3, -0.25) is 15.6 Å². The second-order valence-electron chi connectivity index (χ2n) is 3.51. The van der Waals surface area contributed by atoms with Crippen molar-refractivity contribution in [3.63, 3.8) is 0 Å². The Hall–Kier alpha value is -2.05. The molecule has 0 fully saturated rings. The van der Waals surface area contributed by atoms with E-state index in [2.05, 4.69) is 20.8 Å². The minimum Gasteiger partial charge on any atom is -0.393 e. The topological polar surface area (TPSA) is 92.9 Å². The summed E-state index contributed by atoms with van der Waals surface area (Å²) in [5.74, 6) is -0.131. The Kier molecular flexibility index (Phi) is 4.03. The first kappa shape index (κ1) is 13.4. The number of hydrogen-bond acceptors (Lipinski definition) is 5. The van der Waals surface area contributed by atoms with Crippen molar-refractivity contribution < 1.29 is 4.79 Å². The van der Waals surface area contributed by atoms with E-state index >= 15 is 0 Å². The molecule has 0 unspecified atom stereocenters. The van der Waals surface area contributed by atoms with Gasteiger partial charge in [0.05, 0.1) is 0 Å². The van der Waals surface area contributed by atoms with Gasteiger partial charge in [0.2, 0.25) is 0 Å². The largest absolute Gasteiger partial charge is 0.393 e. The molecular weight excluding hydrogens is 289 g/mol. The lowest BCUT2D eigenvalue weighted by Crippen LogP contribution is -2.30. The van der Waals surface area contributed by atoms with E-state index < -0.39 is 0 Å². The van der Waals surface area contributed by atoms with E-state index in [1.807, 2.05) is 0 Å². The molecule has 0 aliphatic heterocycles. The fraction of sp³-hybridized carbons (Fsp3) is 0. The van der Waals surface area contributed by atoms with E-state index in [9.17, 15) is 4.79 Å². The van der Waals surface area contributed by atoms with Crippen LogP contribution in [-0.2, 0) is 0 Å². The number of amides is 1. The highest BCUT2D eigenvalue weighted by molar-refractivity contribution is 6.32. The quantitative estimate of drug-likeness (QED) is 0.596. The highest BCUT2D eigenvalue weighted by atomic mass is 35.5. The van der Waals surface area contributed by atoms with Crippen LogP contribution in [0.5, 0.6) is 0 Å². The van der Waals surface area contributed by atoms with Gasteiger partial charge in [-0.05, 0) is 24.3 Å². The maximum Gasteiger partial charge on any atom is 0.269 e. The summed E-state index contributed by atoms with van der Waals surface area (Å²) in [5, 5.41) is 0.662. The molecule has 0 saturated carbocycles. The first-order chi connectivity index (χ1) is 9.08. The molecule has 8 heteroatoms. The minimum atomic E-state index is -0.356. The third kappa shape index (κ3) is 3.24. The molecule has 0 aliphatic rings. The predicted octanol–water partition coefficient (Wildman–Crippen LogP) is 2.12. The molecule has 0 saturated heterocycles. The summed E-state index contributed by atoms with van der Waals surface area (Å²) in [6, 6.07) is 6.42. The highest BCUT2D eigenvalue weighted by Gasteiger charge is 2.08. The SMILES string of the molecule is Nc1c(Cl)ncnc1NNC(=O)c1ccc(Cl)cc1. The zero-order chi connectivity index (χ0) is 13.8. The second kappa shape index (κ2) is 5.73. The molecule has 0 spiro atoms. The summed E-state index contributed by atoms with van der Waals surface area (Å²) in [7, 11) is 0. The average Bonchev–Trinajstić information content (AvgIpc) is 2.41. The minimum absolute atomic E-state index is 0.109. The van der Waals surface area contributed by atoms with E-state index in [0.29, 0.717) is 10.6 Å². The van der Waals surface area contributed by atoms with E-state index in [0.717, 1.165) is 0 Å². The Morgan fingerprint density at radius 1 is 1.16 bits per heavy atom. The maximum absolute atomic E-state index is 11.8. The number of nitrogen functional groups attached to an aromatic ring is 1. The van der Waals surface area contributed by atoms with Crippen LogP contribution < -0.4 is 16.6 Å². The molecule has 6 nitrogen and oxygen atoms in total. The summed E-state index contributed by atoms with van der Waals surface area (Å²) >= 11 is 11.5. The van der Waals surface area contributed by atoms with Crippen LogP contribution in [0.25, 0.3) is 0 Å². The zero-order valence-corrected chi connectivity index (χ0v) is 11.0. The lowest BCUT2D eigenvalue weighted by molar-refractivity contribution is 0.0962. The van der Waals surface area contributed by atoms with Crippen molar-refractivity contribution in [3.05, 3.63) is 46.3 Å². The van der Waals surface area contributed by atoms with Crippen LogP contribution in [0, 0.1) is 0 Å². The van der Waals surface area contributed by atoms with Gasteiger partial charge in [0.1, 0.15) is 12.0 Å². The summed E-state index contributed by atoms with van der Waals surface area (Å²) in [6.07, 6.45) is 1.23. The molecule has 2 aromatic rings. The molecule has 1 aromatic carbocycles. The normalized spacial score (nSPS) is 10.0. The highest BCUT2D eigenvalue weighted by Crippen LogP contribution is 2.21. The third-order valence-corrected chi connectivity index (χ3v) is 2.79. The Balaban J connectivity index is 2.04. The van der Waals surface area contributed by atoms with Crippen LogP contribution in [0.2, 0.25) is 10.2 Å². The number of anilines is 2. The third-order valence-electron chi connectivity index (χ3n) is 2.24. The van der Waals surface area contributed by atoms with Gasteiger partial charge in [-0.25, -0.2) is 9.97 Å². The van der Waals surface area contributed by atoms with Crippen molar-refractivity contribution in [1.82, 2.24) is 15.4 Å². The van der Waals surface area contributed by atoms with Gasteiger partial charge in [0, 0.05) is 10.6 Å². The van der Waals surface area contributed by atoms with Crippen molar-refractivity contribution in [2.75, 3.05) is 11.2 Å². The second-order valence-corrected chi connectivity index (χ2v) is 4.31. The number of nitrogens with zero attached hydrogens (tertiary/aromatic N) is 2. The Morgan fingerprint density at radius 3 is 2.53 bits per heavy atom. The van der Waals surface area contributed by atoms with Crippen molar-refractivity contribution in [2.24, 2.45) is 0 Å². The van der Waals surface area contributed by atoms with Crippen molar-refractivity contribution >= 4 is 40.6 Å². The number of aromatic nitrogens is 2. The number of nitrogens with two attached hydrogens (primary N) is 1. The average molecular weight is 298 g/mol. The van der Waals surface area contributed by atoms with Gasteiger partial charge in [-0.2, -0.15) is 0 Å². The van der Waals surface area contributed by atoms with E-state index in [4.69, 9.17) is 28.9 Å². The molecule has 1 aromatic heterocycles. The van der Waals surface area contributed by atoms with Crippen molar-refractivity contribution in [3.8, 4) is 0 Å². The number of carbonyl (C=O) groups excluding carboxylic acids is 1. The smallest absolute Gasteiger partial charge is 0.269 e. The van der Waals surface area contributed by atoms with Crippen molar-refractivity contribution in [2.45, 2.75) is 0 Å². The molecule has 19 heavy (non-hydrogen) atoms. The fourth-order valence-corrected chi connectivity index (χ4v) is 1.52. The summed E-state index contributed by atoms with van der Waals surface area (Å²) in [5.41, 5.74) is 11.2. The number of carbonyl (C=O) groups is 1. The first-order valence-corrected chi connectivity index (χ1v) is 5.91. The molecule has 2 rings (SSSR count). The van der Waals surface area contributed by atoms with E-state index in [1.165, 1.54) is 6.33 Å². The van der Waals surface area contributed by atoms with Gasteiger partial charge in [-0.1, -0.05) is 23.2 Å². The standard InChI is InChI=1S/C11H9Cl2N5O/c12-7-3-1-6(2-4-7)11(19)18-17-10-8(14)9(13)15-5-16-10/h1-5H,14H2,(H,18,19)(H,15,16,17). The molecule has 0 aliphatic carbocycles. The monoisotopic (exact) mass is 297 g/mol. The van der Waals surface area contributed by atoms with Gasteiger partial charge in [0.25, 0.3) is 5.91 Å². The van der Waals surface area contributed by atoms with Gasteiger partial charge in [-0.15, -0.1) is 0 Å². The molecule has 4 N–H and O–H groups in total. The molecule has 0 atom stereocenters. The number of benzene rings is 1. The van der Waals surface area contributed by atoms with E-state index in [-0.39, 0.29) is 22.6 Å². The molecule has 1 amide bonds. The lowest BCUT2D eigenvalue weighted by Gasteiger charge is -2.09. The van der Waals surface area contributed by atoms with Gasteiger partial charge >= 0.3 is 0 Å². The molecule has 98 valence electrons. The molecule has 0 bridgehead atoms. The van der Waals surface area contributed by atoms with Crippen LogP contribution in [-0.4, -0.2) is 15.9 Å². The number of hydrogen-bond donors (Lipinski definition) is 3. The number of halogens is 2. The maximum atomic E-state index is 11.8. The van der Waals surface area contributed by atoms with Crippen LogP contribution in [0.15, 0.2) is 30.6 Å². The van der Waals surface area contributed by atoms with Crippen LogP contribution in [0.1, 0.15) is 10.4 Å². The zero-order valence-electron chi connectivity index (χ0n) is 9.52. The van der Waals surface area contributed by atoms with Gasteiger partial charge < -0.3 is 5.73 Å². The molecule has 1 heterocycles. The number of rotatable bonds is 3. The van der Waals surface area contributed by atoms with Gasteiger partial charge in [0.15, 0.2) is 11.0 Å². The molecular formula is C11H9Cl2N5O. The Labute approximate surface area is 118 Å². The number of nitrogens with one attached hydrogen (secondary N) is 2. The lowest BCUT2D eigenvalue weighted by atomic mass is 10.2. The predicted molar refractivity (Wildman–Crippen MR) is 74.0 cm³/mol. The van der Waals surface area contributed by atoms with Crippen LogP contribution in [0.4, 0.5) is 11.5 Å². The summed E-state index contributed by atoms with van der Waals surface area (Å²) < 4.78 is 0. The Morgan fingerprint density at radius 2 is 1.84 bits per heavy atom. The number of hydrazine groups is 1.